The number of nitrogen functional groups attached to an aromatic ring is 1. The van der Waals surface area contributed by atoms with E-state index in [4.69, 9.17) is 28.9 Å². The van der Waals surface area contributed by atoms with Gasteiger partial charge in [0.15, 0.2) is 11.5 Å². The molecule has 8 heteroatoms. The summed E-state index contributed by atoms with van der Waals surface area (Å²) in [6.45, 7) is 0.523. The molecule has 0 unspecified atom stereocenters. The molecule has 0 radical (unpaired) electrons. The molecule has 0 amide bonds. The van der Waals surface area contributed by atoms with Crippen LogP contribution < -0.4 is 11.1 Å². The minimum atomic E-state index is 0.179. The van der Waals surface area contributed by atoms with E-state index in [0.717, 1.165) is 5.56 Å². The third kappa shape index (κ3) is 2.48. The highest BCUT2D eigenvalue weighted by atomic mass is 35.5. The molecule has 0 aliphatic rings. The van der Waals surface area contributed by atoms with Crippen molar-refractivity contribution in [1.82, 2.24) is 19.9 Å². The summed E-state index contributed by atoms with van der Waals surface area (Å²) >= 11 is 11.9. The number of rotatable bonds is 3. The van der Waals surface area contributed by atoms with Gasteiger partial charge in [-0.05, 0) is 17.7 Å². The molecule has 0 aliphatic heterocycles. The molecular weight excluding hydrogens is 299 g/mol. The lowest BCUT2D eigenvalue weighted by Gasteiger charge is -2.07. The molecule has 2 aromatic heterocycles. The van der Waals surface area contributed by atoms with Gasteiger partial charge in [0, 0.05) is 6.54 Å². The fourth-order valence-electron chi connectivity index (χ4n) is 1.81. The van der Waals surface area contributed by atoms with Gasteiger partial charge < -0.3 is 16.0 Å². The summed E-state index contributed by atoms with van der Waals surface area (Å²) in [5.74, 6) is 0.748. The molecule has 1 aromatic carbocycles. The van der Waals surface area contributed by atoms with Crippen molar-refractivity contribution in [2.24, 2.45) is 0 Å². The summed E-state index contributed by atoms with van der Waals surface area (Å²) in [6.07, 6.45) is 1.54. The first-order chi connectivity index (χ1) is 9.63. The van der Waals surface area contributed by atoms with E-state index < -0.39 is 0 Å². The Hall–Kier alpha value is -2.05. The highest BCUT2D eigenvalue weighted by molar-refractivity contribution is 6.42. The molecule has 0 aliphatic carbocycles. The first-order valence-electron chi connectivity index (χ1n) is 5.78. The van der Waals surface area contributed by atoms with Crippen LogP contribution in [-0.4, -0.2) is 19.9 Å². The van der Waals surface area contributed by atoms with E-state index in [2.05, 4.69) is 25.3 Å². The summed E-state index contributed by atoms with van der Waals surface area (Å²) in [6, 6.07) is 5.43. The average Bonchev–Trinajstić information content (AvgIpc) is 2.88. The second kappa shape index (κ2) is 5.15. The number of halogens is 2. The Morgan fingerprint density at radius 1 is 1.20 bits per heavy atom. The average molecular weight is 309 g/mol. The molecule has 3 aromatic rings. The van der Waals surface area contributed by atoms with Crippen LogP contribution in [0, 0.1) is 0 Å². The van der Waals surface area contributed by atoms with E-state index in [0.29, 0.717) is 33.6 Å². The van der Waals surface area contributed by atoms with Crippen LogP contribution >= 0.6 is 23.2 Å². The standard InChI is InChI=1S/C12H10Cl2N6/c13-7-2-1-6(3-8(7)14)4-16-10-9-11(18-5-17-9)20-12(15)19-10/h1-3,5H,4H2,(H4,15,16,17,18,19,20). The number of hydrogen-bond donors (Lipinski definition) is 3. The monoisotopic (exact) mass is 308 g/mol. The summed E-state index contributed by atoms with van der Waals surface area (Å²) < 4.78 is 0. The summed E-state index contributed by atoms with van der Waals surface area (Å²) in [7, 11) is 0. The van der Waals surface area contributed by atoms with Gasteiger partial charge in [-0.2, -0.15) is 9.97 Å². The lowest BCUT2D eigenvalue weighted by molar-refractivity contribution is 1.10. The Balaban J connectivity index is 1.86. The predicted molar refractivity (Wildman–Crippen MR) is 79.9 cm³/mol. The molecule has 3 rings (SSSR count). The predicted octanol–water partition coefficient (Wildman–Crippen LogP) is 2.85. The van der Waals surface area contributed by atoms with Crippen LogP contribution in [0.25, 0.3) is 11.2 Å². The van der Waals surface area contributed by atoms with Gasteiger partial charge in [-0.3, -0.25) is 0 Å². The molecule has 0 atom stereocenters. The molecule has 0 spiro atoms. The van der Waals surface area contributed by atoms with Crippen molar-refractivity contribution in [3.8, 4) is 0 Å². The number of H-pyrrole nitrogens is 1. The number of hydrogen-bond acceptors (Lipinski definition) is 5. The Kier molecular flexibility index (Phi) is 3.33. The number of aromatic nitrogens is 4. The number of fused-ring (bicyclic) bond motifs is 1. The van der Waals surface area contributed by atoms with E-state index in [1.165, 1.54) is 0 Å². The highest BCUT2D eigenvalue weighted by Gasteiger charge is 2.08. The maximum atomic E-state index is 5.98. The van der Waals surface area contributed by atoms with Gasteiger partial charge in [-0.1, -0.05) is 29.3 Å². The number of aromatic amines is 1. The Morgan fingerprint density at radius 2 is 2.05 bits per heavy atom. The molecule has 0 saturated heterocycles. The second-order valence-corrected chi connectivity index (χ2v) is 4.95. The maximum absolute atomic E-state index is 5.98. The molecule has 6 nitrogen and oxygen atoms in total. The number of imidazole rings is 1. The molecular formula is C12H10Cl2N6. The van der Waals surface area contributed by atoms with Crippen LogP contribution in [0.15, 0.2) is 24.5 Å². The van der Waals surface area contributed by atoms with E-state index in [9.17, 15) is 0 Å². The first-order valence-corrected chi connectivity index (χ1v) is 6.53. The topological polar surface area (TPSA) is 92.5 Å². The summed E-state index contributed by atoms with van der Waals surface area (Å²) in [5, 5.41) is 4.20. The lowest BCUT2D eigenvalue weighted by Crippen LogP contribution is -2.05. The summed E-state index contributed by atoms with van der Waals surface area (Å²) in [5.41, 5.74) is 7.85. The van der Waals surface area contributed by atoms with E-state index in [1.54, 1.807) is 18.5 Å². The Bertz CT molecular complexity index is 770. The van der Waals surface area contributed by atoms with Crippen molar-refractivity contribution < 1.29 is 0 Å². The van der Waals surface area contributed by atoms with Crippen molar-refractivity contribution in [1.29, 1.82) is 0 Å². The first kappa shape index (κ1) is 13.0. The van der Waals surface area contributed by atoms with Gasteiger partial charge in [-0.15, -0.1) is 0 Å². The van der Waals surface area contributed by atoms with Crippen LogP contribution in [0.2, 0.25) is 10.0 Å². The number of nitrogens with one attached hydrogen (secondary N) is 2. The Morgan fingerprint density at radius 3 is 2.85 bits per heavy atom. The van der Waals surface area contributed by atoms with Crippen molar-refractivity contribution in [2.45, 2.75) is 6.54 Å². The highest BCUT2D eigenvalue weighted by Crippen LogP contribution is 2.23. The van der Waals surface area contributed by atoms with Crippen LogP contribution in [0.4, 0.5) is 11.8 Å². The maximum Gasteiger partial charge on any atom is 0.224 e. The van der Waals surface area contributed by atoms with Crippen molar-refractivity contribution in [3.63, 3.8) is 0 Å². The molecule has 20 heavy (non-hydrogen) atoms. The normalized spacial score (nSPS) is 10.9. The second-order valence-electron chi connectivity index (χ2n) is 4.13. The largest absolute Gasteiger partial charge is 0.368 e. The summed E-state index contributed by atoms with van der Waals surface area (Å²) in [4.78, 5) is 15.2. The fourth-order valence-corrected chi connectivity index (χ4v) is 2.13. The zero-order valence-corrected chi connectivity index (χ0v) is 11.7. The SMILES string of the molecule is Nc1nc(NCc2ccc(Cl)c(Cl)c2)c2nc[nH]c2n1. The Labute approximate surface area is 124 Å². The van der Waals surface area contributed by atoms with Gasteiger partial charge in [0.25, 0.3) is 0 Å². The molecule has 0 bridgehead atoms. The number of nitrogens with zero attached hydrogens (tertiary/aromatic N) is 3. The van der Waals surface area contributed by atoms with Gasteiger partial charge in [0.05, 0.1) is 16.4 Å². The third-order valence-electron chi connectivity index (χ3n) is 2.74. The van der Waals surface area contributed by atoms with E-state index >= 15 is 0 Å². The van der Waals surface area contributed by atoms with Crippen LogP contribution in [0.1, 0.15) is 5.56 Å². The van der Waals surface area contributed by atoms with Gasteiger partial charge >= 0.3 is 0 Å². The van der Waals surface area contributed by atoms with E-state index in [-0.39, 0.29) is 5.95 Å². The molecule has 102 valence electrons. The van der Waals surface area contributed by atoms with Gasteiger partial charge in [-0.25, -0.2) is 4.98 Å². The van der Waals surface area contributed by atoms with Crippen molar-refractivity contribution >= 4 is 46.1 Å². The van der Waals surface area contributed by atoms with Crippen LogP contribution in [-0.2, 0) is 6.54 Å². The van der Waals surface area contributed by atoms with Gasteiger partial charge in [0.1, 0.15) is 5.52 Å². The molecule has 4 N–H and O–H groups in total. The zero-order chi connectivity index (χ0) is 14.1. The smallest absolute Gasteiger partial charge is 0.224 e. The lowest BCUT2D eigenvalue weighted by atomic mass is 10.2. The minimum absolute atomic E-state index is 0.179. The molecule has 0 fully saturated rings. The number of benzene rings is 1. The zero-order valence-electron chi connectivity index (χ0n) is 10.2. The third-order valence-corrected chi connectivity index (χ3v) is 3.48. The van der Waals surface area contributed by atoms with Crippen LogP contribution in [0.3, 0.4) is 0 Å². The molecule has 2 heterocycles. The van der Waals surface area contributed by atoms with E-state index in [1.807, 2.05) is 6.07 Å². The van der Waals surface area contributed by atoms with Crippen molar-refractivity contribution in [3.05, 3.63) is 40.1 Å². The quantitative estimate of drug-likeness (QED) is 0.692. The number of nitrogens with two attached hydrogens (primary N) is 1. The van der Waals surface area contributed by atoms with Crippen LogP contribution in [0.5, 0.6) is 0 Å². The van der Waals surface area contributed by atoms with Crippen molar-refractivity contribution in [2.75, 3.05) is 11.1 Å². The molecule has 0 saturated carbocycles. The van der Waals surface area contributed by atoms with Gasteiger partial charge in [0.2, 0.25) is 5.95 Å². The minimum Gasteiger partial charge on any atom is -0.368 e. The number of anilines is 2. The fraction of sp³-hybridized carbons (Fsp3) is 0.0833.